The highest BCUT2D eigenvalue weighted by Gasteiger charge is 2.09. The normalized spacial score (nSPS) is 10.9. The van der Waals surface area contributed by atoms with Crippen LogP contribution in [-0.4, -0.2) is 29.0 Å². The lowest BCUT2D eigenvalue weighted by Gasteiger charge is -2.05. The first-order valence-corrected chi connectivity index (χ1v) is 7.48. The third-order valence-corrected chi connectivity index (χ3v) is 3.34. The van der Waals surface area contributed by atoms with Crippen molar-refractivity contribution in [2.45, 2.75) is 6.92 Å². The molecule has 0 fully saturated rings. The molecule has 0 heterocycles. The van der Waals surface area contributed by atoms with Crippen molar-refractivity contribution in [1.82, 2.24) is 10.7 Å². The summed E-state index contributed by atoms with van der Waals surface area (Å²) in [5, 5.41) is 16.8. The van der Waals surface area contributed by atoms with Gasteiger partial charge >= 0.3 is 0 Å². The summed E-state index contributed by atoms with van der Waals surface area (Å²) in [6.07, 6.45) is 0. The maximum atomic E-state index is 13.1. The van der Waals surface area contributed by atoms with Gasteiger partial charge in [0.05, 0.1) is 17.2 Å². The number of nitrogens with one attached hydrogen (secondary N) is 2. The van der Waals surface area contributed by atoms with Gasteiger partial charge in [-0.2, -0.15) is 5.10 Å². The molecule has 9 heteroatoms. The Morgan fingerprint density at radius 2 is 1.85 bits per heavy atom. The van der Waals surface area contributed by atoms with Crippen LogP contribution >= 0.6 is 0 Å². The third-order valence-electron chi connectivity index (χ3n) is 3.34. The van der Waals surface area contributed by atoms with E-state index in [0.717, 1.165) is 6.07 Å². The van der Waals surface area contributed by atoms with E-state index in [2.05, 4.69) is 15.8 Å². The quantitative estimate of drug-likeness (QED) is 0.467. The van der Waals surface area contributed by atoms with Gasteiger partial charge in [-0.1, -0.05) is 6.07 Å². The predicted molar refractivity (Wildman–Crippen MR) is 92.2 cm³/mol. The molecular weight excluding hydrogens is 343 g/mol. The predicted octanol–water partition coefficient (Wildman–Crippen LogP) is 2.00. The maximum Gasteiger partial charge on any atom is 0.269 e. The first kappa shape index (κ1) is 18.7. The van der Waals surface area contributed by atoms with Crippen LogP contribution in [0.1, 0.15) is 22.8 Å². The molecule has 0 saturated carbocycles. The van der Waals surface area contributed by atoms with E-state index >= 15 is 0 Å². The molecule has 26 heavy (non-hydrogen) atoms. The number of benzene rings is 2. The lowest BCUT2D eigenvalue weighted by Crippen LogP contribution is -2.35. The van der Waals surface area contributed by atoms with Crippen LogP contribution in [0, 0.1) is 15.9 Å². The molecule has 2 rings (SSSR count). The highest BCUT2D eigenvalue weighted by molar-refractivity contribution is 6.00. The molecule has 8 nitrogen and oxygen atoms in total. The summed E-state index contributed by atoms with van der Waals surface area (Å²) < 4.78 is 13.1. The summed E-state index contributed by atoms with van der Waals surface area (Å²) in [6.45, 7) is 1.28. The number of non-ortho nitro benzene ring substituents is 1. The third kappa shape index (κ3) is 5.20. The molecule has 0 aromatic heterocycles. The van der Waals surface area contributed by atoms with Gasteiger partial charge in [-0.3, -0.25) is 19.7 Å². The SMILES string of the molecule is C/C(=N\NC(=O)CNC(=O)c1cccc(F)c1)c1ccc([N+](=O)[O-])cc1. The van der Waals surface area contributed by atoms with E-state index in [1.54, 1.807) is 6.92 Å². The van der Waals surface area contributed by atoms with Crippen LogP contribution in [0.25, 0.3) is 0 Å². The zero-order valence-corrected chi connectivity index (χ0v) is 13.7. The molecule has 2 aromatic rings. The van der Waals surface area contributed by atoms with E-state index in [1.165, 1.54) is 42.5 Å². The van der Waals surface area contributed by atoms with Crippen molar-refractivity contribution in [2.24, 2.45) is 5.10 Å². The molecule has 0 aliphatic carbocycles. The first-order chi connectivity index (χ1) is 12.4. The number of nitro benzene ring substituents is 1. The molecule has 0 unspecified atom stereocenters. The van der Waals surface area contributed by atoms with Crippen molar-refractivity contribution < 1.29 is 18.9 Å². The number of nitrogens with zero attached hydrogens (tertiary/aromatic N) is 2. The van der Waals surface area contributed by atoms with Gasteiger partial charge in [0, 0.05) is 17.7 Å². The average molecular weight is 358 g/mol. The lowest BCUT2D eigenvalue weighted by atomic mass is 10.1. The van der Waals surface area contributed by atoms with Crippen molar-refractivity contribution in [3.05, 3.63) is 75.6 Å². The van der Waals surface area contributed by atoms with Crippen LogP contribution in [0.5, 0.6) is 0 Å². The highest BCUT2D eigenvalue weighted by atomic mass is 19.1. The molecule has 0 spiro atoms. The maximum absolute atomic E-state index is 13.1. The fourth-order valence-corrected chi connectivity index (χ4v) is 1.97. The molecule has 0 saturated heterocycles. The molecular formula is C17H15FN4O4. The van der Waals surface area contributed by atoms with Crippen LogP contribution in [0.15, 0.2) is 53.6 Å². The number of carbonyl (C=O) groups excluding carboxylic acids is 2. The Labute approximate surface area is 147 Å². The highest BCUT2D eigenvalue weighted by Crippen LogP contribution is 2.12. The van der Waals surface area contributed by atoms with Crippen LogP contribution in [0.3, 0.4) is 0 Å². The molecule has 2 amide bonds. The largest absolute Gasteiger partial charge is 0.343 e. The zero-order chi connectivity index (χ0) is 19.1. The van der Waals surface area contributed by atoms with E-state index < -0.39 is 22.6 Å². The Hall–Kier alpha value is -3.62. The molecule has 0 radical (unpaired) electrons. The van der Waals surface area contributed by atoms with Gasteiger partial charge in [-0.25, -0.2) is 9.82 Å². The summed E-state index contributed by atoms with van der Waals surface area (Å²) in [7, 11) is 0. The number of hydrazone groups is 1. The number of amides is 2. The number of hydrogen-bond acceptors (Lipinski definition) is 5. The van der Waals surface area contributed by atoms with Gasteiger partial charge in [0.1, 0.15) is 5.82 Å². The topological polar surface area (TPSA) is 114 Å². The first-order valence-electron chi connectivity index (χ1n) is 7.48. The molecule has 2 N–H and O–H groups in total. The molecule has 0 bridgehead atoms. The Morgan fingerprint density at radius 1 is 1.15 bits per heavy atom. The van der Waals surface area contributed by atoms with Gasteiger partial charge in [0.25, 0.3) is 17.5 Å². The number of rotatable bonds is 6. The standard InChI is InChI=1S/C17H15FN4O4/c1-11(12-5-7-15(8-6-12)22(25)26)20-21-16(23)10-19-17(24)13-3-2-4-14(18)9-13/h2-9H,10H2,1H3,(H,19,24)(H,21,23)/b20-11+. The minimum Gasteiger partial charge on any atom is -0.343 e. The van der Waals surface area contributed by atoms with Gasteiger partial charge in [0.15, 0.2) is 0 Å². The average Bonchev–Trinajstić information content (AvgIpc) is 2.64. The Kier molecular flexibility index (Phi) is 6.10. The second-order valence-corrected chi connectivity index (χ2v) is 5.23. The minimum absolute atomic E-state index is 0.0503. The fraction of sp³-hybridized carbons (Fsp3) is 0.118. The Bertz CT molecular complexity index is 865. The number of nitro groups is 1. The van der Waals surface area contributed by atoms with Gasteiger partial charge in [0.2, 0.25) is 0 Å². The Morgan fingerprint density at radius 3 is 2.46 bits per heavy atom. The number of halogens is 1. The molecule has 0 aliphatic rings. The number of hydrogen-bond donors (Lipinski definition) is 2. The van der Waals surface area contributed by atoms with Crippen LogP contribution < -0.4 is 10.7 Å². The van der Waals surface area contributed by atoms with Crippen LogP contribution in [-0.2, 0) is 4.79 Å². The van der Waals surface area contributed by atoms with Crippen LogP contribution in [0.4, 0.5) is 10.1 Å². The minimum atomic E-state index is -0.587. The second-order valence-electron chi connectivity index (χ2n) is 5.23. The molecule has 0 aliphatic heterocycles. The van der Waals surface area contributed by atoms with Crippen LogP contribution in [0.2, 0.25) is 0 Å². The summed E-state index contributed by atoms with van der Waals surface area (Å²) in [5.74, 6) is -1.71. The monoisotopic (exact) mass is 358 g/mol. The fourth-order valence-electron chi connectivity index (χ4n) is 1.97. The summed E-state index contributed by atoms with van der Waals surface area (Å²) >= 11 is 0. The van der Waals surface area contributed by atoms with Crippen molar-refractivity contribution in [3.63, 3.8) is 0 Å². The molecule has 134 valence electrons. The summed E-state index contributed by atoms with van der Waals surface area (Å²) in [5.41, 5.74) is 3.34. The zero-order valence-electron chi connectivity index (χ0n) is 13.7. The summed E-state index contributed by atoms with van der Waals surface area (Å²) in [6, 6.07) is 10.8. The van der Waals surface area contributed by atoms with Crippen molar-refractivity contribution in [2.75, 3.05) is 6.54 Å². The van der Waals surface area contributed by atoms with E-state index in [1.807, 2.05) is 0 Å². The van der Waals surface area contributed by atoms with Crippen molar-refractivity contribution >= 4 is 23.2 Å². The Balaban J connectivity index is 1.88. The number of carbonyl (C=O) groups is 2. The lowest BCUT2D eigenvalue weighted by molar-refractivity contribution is -0.384. The van der Waals surface area contributed by atoms with E-state index in [-0.39, 0.29) is 17.8 Å². The smallest absolute Gasteiger partial charge is 0.269 e. The van der Waals surface area contributed by atoms with Gasteiger partial charge in [-0.15, -0.1) is 0 Å². The van der Waals surface area contributed by atoms with E-state index in [9.17, 15) is 24.1 Å². The molecule has 0 atom stereocenters. The second kappa shape index (κ2) is 8.47. The van der Waals surface area contributed by atoms with Crippen molar-refractivity contribution in [1.29, 1.82) is 0 Å². The summed E-state index contributed by atoms with van der Waals surface area (Å²) in [4.78, 5) is 33.6. The van der Waals surface area contributed by atoms with E-state index in [4.69, 9.17) is 0 Å². The molecule has 2 aromatic carbocycles. The van der Waals surface area contributed by atoms with Gasteiger partial charge in [-0.05, 0) is 42.8 Å². The van der Waals surface area contributed by atoms with E-state index in [0.29, 0.717) is 11.3 Å². The van der Waals surface area contributed by atoms with Crippen molar-refractivity contribution in [3.8, 4) is 0 Å². The van der Waals surface area contributed by atoms with Gasteiger partial charge < -0.3 is 5.32 Å².